The zero-order valence-electron chi connectivity index (χ0n) is 6.43. The number of hydrogen-bond acceptors (Lipinski definition) is 2. The van der Waals surface area contributed by atoms with Crippen LogP contribution in [0, 0.1) is 5.41 Å². The number of thioether (sulfide) groups is 1. The highest BCUT2D eigenvalue weighted by Crippen LogP contribution is 2.40. The van der Waals surface area contributed by atoms with Crippen LogP contribution in [0.25, 0.3) is 0 Å². The molecule has 0 spiro atoms. The topological polar surface area (TPSA) is 9.23 Å². The van der Waals surface area contributed by atoms with Crippen molar-refractivity contribution in [3.63, 3.8) is 0 Å². The van der Waals surface area contributed by atoms with Crippen molar-refractivity contribution in [1.29, 1.82) is 0 Å². The minimum atomic E-state index is 0.485. The van der Waals surface area contributed by atoms with Gasteiger partial charge < -0.3 is 4.74 Å². The predicted octanol–water partition coefficient (Wildman–Crippen LogP) is 2.29. The number of ether oxygens (including phenoxy) is 1. The summed E-state index contributed by atoms with van der Waals surface area (Å²) in [4.78, 5) is 0. The molecule has 0 saturated carbocycles. The van der Waals surface area contributed by atoms with Crippen LogP contribution in [-0.4, -0.2) is 18.1 Å². The van der Waals surface area contributed by atoms with Gasteiger partial charge in [-0.05, 0) is 6.42 Å². The summed E-state index contributed by atoms with van der Waals surface area (Å²) in [6.07, 6.45) is 2.77. The second-order valence-corrected chi connectivity index (χ2v) is 3.81. The molecule has 1 nitrogen and oxygen atoms in total. The summed E-state index contributed by atoms with van der Waals surface area (Å²) in [6.45, 7) is 6.62. The Balaban J connectivity index is 2.26. The molecule has 1 aliphatic rings. The molecule has 0 aromatic rings. The molecule has 0 atom stereocenters. The van der Waals surface area contributed by atoms with Crippen LogP contribution in [0.1, 0.15) is 13.3 Å². The Morgan fingerprint density at radius 3 is 2.70 bits per heavy atom. The fourth-order valence-electron chi connectivity index (χ4n) is 1.02. The predicted molar refractivity (Wildman–Crippen MR) is 46.2 cm³/mol. The molecule has 2 heteroatoms. The highest BCUT2D eigenvalue weighted by molar-refractivity contribution is 8.00. The maximum atomic E-state index is 5.18. The van der Waals surface area contributed by atoms with E-state index in [1.54, 1.807) is 6.26 Å². The fraction of sp³-hybridized carbons (Fsp3) is 0.750. The van der Waals surface area contributed by atoms with Crippen LogP contribution < -0.4 is 0 Å². The Kier molecular flexibility index (Phi) is 2.66. The molecule has 1 saturated heterocycles. The molecule has 0 aromatic carbocycles. The quantitative estimate of drug-likeness (QED) is 0.580. The van der Waals surface area contributed by atoms with Gasteiger partial charge in [0.1, 0.15) is 0 Å². The summed E-state index contributed by atoms with van der Waals surface area (Å²) < 4.78 is 5.18. The lowest BCUT2D eigenvalue weighted by molar-refractivity contribution is 0.133. The molecule has 0 aliphatic carbocycles. The minimum Gasteiger partial charge on any atom is -0.501 e. The maximum Gasteiger partial charge on any atom is 0.0944 e. The minimum absolute atomic E-state index is 0.485. The first-order valence-corrected chi connectivity index (χ1v) is 4.79. The smallest absolute Gasteiger partial charge is 0.0944 e. The molecule has 0 radical (unpaired) electrons. The first kappa shape index (κ1) is 7.99. The van der Waals surface area contributed by atoms with E-state index in [4.69, 9.17) is 4.74 Å². The highest BCUT2D eigenvalue weighted by Gasteiger charge is 2.36. The molecule has 0 N–H and O–H groups in total. The largest absolute Gasteiger partial charge is 0.501 e. The van der Waals surface area contributed by atoms with Gasteiger partial charge in [0, 0.05) is 16.9 Å². The van der Waals surface area contributed by atoms with E-state index < -0.39 is 0 Å². The van der Waals surface area contributed by atoms with Gasteiger partial charge in [0.15, 0.2) is 0 Å². The average molecular weight is 158 g/mol. The normalized spacial score (nSPS) is 21.3. The first-order chi connectivity index (χ1) is 4.83. The molecule has 1 fully saturated rings. The van der Waals surface area contributed by atoms with Gasteiger partial charge in [-0.3, -0.25) is 0 Å². The molecule has 10 heavy (non-hydrogen) atoms. The van der Waals surface area contributed by atoms with Gasteiger partial charge in [-0.25, -0.2) is 0 Å². The van der Waals surface area contributed by atoms with Gasteiger partial charge in [0.2, 0.25) is 0 Å². The van der Waals surface area contributed by atoms with Crippen molar-refractivity contribution in [1.82, 2.24) is 0 Å². The summed E-state index contributed by atoms with van der Waals surface area (Å²) >= 11 is 2.00. The number of hydrogen-bond donors (Lipinski definition) is 0. The Morgan fingerprint density at radius 1 is 1.70 bits per heavy atom. The van der Waals surface area contributed by atoms with Gasteiger partial charge in [-0.15, -0.1) is 0 Å². The van der Waals surface area contributed by atoms with E-state index in [0.717, 1.165) is 6.61 Å². The Morgan fingerprint density at radius 2 is 2.40 bits per heavy atom. The third kappa shape index (κ3) is 1.48. The molecule has 0 amide bonds. The van der Waals surface area contributed by atoms with Gasteiger partial charge >= 0.3 is 0 Å². The van der Waals surface area contributed by atoms with Crippen molar-refractivity contribution < 1.29 is 4.74 Å². The zero-order valence-corrected chi connectivity index (χ0v) is 7.25. The van der Waals surface area contributed by atoms with E-state index in [1.807, 2.05) is 11.8 Å². The maximum absolute atomic E-state index is 5.18. The van der Waals surface area contributed by atoms with Crippen LogP contribution in [0.4, 0.5) is 0 Å². The van der Waals surface area contributed by atoms with E-state index >= 15 is 0 Å². The van der Waals surface area contributed by atoms with Gasteiger partial charge in [0.05, 0.1) is 12.9 Å². The van der Waals surface area contributed by atoms with Crippen molar-refractivity contribution in [3.05, 3.63) is 12.8 Å². The Hall–Kier alpha value is -0.110. The molecule has 1 heterocycles. The highest BCUT2D eigenvalue weighted by atomic mass is 32.2. The van der Waals surface area contributed by atoms with E-state index in [9.17, 15) is 0 Å². The Labute approximate surface area is 66.8 Å². The summed E-state index contributed by atoms with van der Waals surface area (Å²) in [5.74, 6) is 2.52. The van der Waals surface area contributed by atoms with Crippen LogP contribution in [-0.2, 0) is 4.74 Å². The number of rotatable bonds is 4. The molecule has 1 aliphatic heterocycles. The second kappa shape index (κ2) is 3.33. The molecule has 1 rings (SSSR count). The van der Waals surface area contributed by atoms with Crippen LogP contribution in [0.5, 0.6) is 0 Å². The van der Waals surface area contributed by atoms with Gasteiger partial charge in [-0.1, -0.05) is 13.5 Å². The molecule has 0 aromatic heterocycles. The van der Waals surface area contributed by atoms with Crippen molar-refractivity contribution in [2.75, 3.05) is 18.1 Å². The van der Waals surface area contributed by atoms with Crippen LogP contribution in [0.2, 0.25) is 0 Å². The SMILES string of the molecule is C=COCC1(CC)CSC1. The molecule has 0 bridgehead atoms. The van der Waals surface area contributed by atoms with Gasteiger partial charge in [0.25, 0.3) is 0 Å². The molecule has 0 unspecified atom stereocenters. The summed E-state index contributed by atoms with van der Waals surface area (Å²) in [5.41, 5.74) is 0.485. The second-order valence-electron chi connectivity index (χ2n) is 2.82. The van der Waals surface area contributed by atoms with E-state index in [-0.39, 0.29) is 0 Å². The molecule has 58 valence electrons. The average Bonchev–Trinajstić information content (AvgIpc) is 1.87. The third-order valence-electron chi connectivity index (χ3n) is 2.07. The fourth-order valence-corrected chi connectivity index (χ4v) is 2.37. The summed E-state index contributed by atoms with van der Waals surface area (Å²) in [7, 11) is 0. The summed E-state index contributed by atoms with van der Waals surface area (Å²) in [5, 5.41) is 0. The summed E-state index contributed by atoms with van der Waals surface area (Å²) in [6, 6.07) is 0. The lowest BCUT2D eigenvalue weighted by Gasteiger charge is -2.39. The lowest BCUT2D eigenvalue weighted by atomic mass is 9.90. The van der Waals surface area contributed by atoms with Crippen molar-refractivity contribution >= 4 is 11.8 Å². The van der Waals surface area contributed by atoms with E-state index in [1.165, 1.54) is 17.9 Å². The Bertz CT molecular complexity index is 113. The third-order valence-corrected chi connectivity index (χ3v) is 3.71. The van der Waals surface area contributed by atoms with Gasteiger partial charge in [-0.2, -0.15) is 11.8 Å². The standard InChI is InChI=1S/C8H14OS/c1-3-8(5-9-4-2)6-10-7-8/h4H,2-3,5-7H2,1H3. The van der Waals surface area contributed by atoms with E-state index in [2.05, 4.69) is 13.5 Å². The van der Waals surface area contributed by atoms with Crippen LogP contribution in [0.15, 0.2) is 12.8 Å². The molecular formula is C8H14OS. The molecular weight excluding hydrogens is 144 g/mol. The van der Waals surface area contributed by atoms with Crippen molar-refractivity contribution in [2.24, 2.45) is 5.41 Å². The van der Waals surface area contributed by atoms with E-state index in [0.29, 0.717) is 5.41 Å². The van der Waals surface area contributed by atoms with Crippen molar-refractivity contribution in [2.45, 2.75) is 13.3 Å². The monoisotopic (exact) mass is 158 g/mol. The van der Waals surface area contributed by atoms with Crippen LogP contribution in [0.3, 0.4) is 0 Å². The first-order valence-electron chi connectivity index (χ1n) is 3.63. The lowest BCUT2D eigenvalue weighted by Crippen LogP contribution is -2.38. The van der Waals surface area contributed by atoms with Crippen molar-refractivity contribution in [3.8, 4) is 0 Å². The van der Waals surface area contributed by atoms with Crippen LogP contribution >= 0.6 is 11.8 Å². The zero-order chi connectivity index (χ0) is 7.45.